The van der Waals surface area contributed by atoms with Crippen LogP contribution in [0.15, 0.2) is 45.9 Å². The fourth-order valence-electron chi connectivity index (χ4n) is 2.46. The second-order valence-corrected chi connectivity index (χ2v) is 5.75. The minimum Gasteiger partial charge on any atom is -0.463 e. The molecule has 0 aliphatic rings. The van der Waals surface area contributed by atoms with Crippen molar-refractivity contribution >= 4 is 11.7 Å². The van der Waals surface area contributed by atoms with Gasteiger partial charge in [0.2, 0.25) is 0 Å². The Hall–Kier alpha value is -3.42. The van der Waals surface area contributed by atoms with Gasteiger partial charge in [0.25, 0.3) is 11.5 Å². The fraction of sp³-hybridized carbons (Fsp3) is 0.176. The largest absolute Gasteiger partial charge is 0.463 e. The van der Waals surface area contributed by atoms with Gasteiger partial charge in [-0.2, -0.15) is 0 Å². The summed E-state index contributed by atoms with van der Waals surface area (Å²) in [6, 6.07) is 6.41. The van der Waals surface area contributed by atoms with E-state index < -0.39 is 5.91 Å². The van der Waals surface area contributed by atoms with E-state index >= 15 is 0 Å². The number of carbonyl (C=O) groups excluding carboxylic acids is 1. The van der Waals surface area contributed by atoms with Gasteiger partial charge in [-0.1, -0.05) is 0 Å². The third-order valence-electron chi connectivity index (χ3n) is 3.68. The minimum atomic E-state index is -0.783. The normalized spacial score (nSPS) is 11.0. The van der Waals surface area contributed by atoms with E-state index in [0.717, 1.165) is 0 Å². The van der Waals surface area contributed by atoms with Crippen molar-refractivity contribution in [3.8, 4) is 22.7 Å². The molecule has 0 radical (unpaired) electrons. The number of carbonyl (C=O) groups is 1. The number of amides is 1. The first-order valence-corrected chi connectivity index (χ1v) is 7.62. The lowest BCUT2D eigenvalue weighted by Gasteiger charge is -2.13. The molecule has 0 aliphatic carbocycles. The summed E-state index contributed by atoms with van der Waals surface area (Å²) in [5, 5.41) is 0. The van der Waals surface area contributed by atoms with E-state index in [1.54, 1.807) is 29.0 Å². The molecule has 0 saturated heterocycles. The summed E-state index contributed by atoms with van der Waals surface area (Å²) >= 11 is 0. The predicted molar refractivity (Wildman–Crippen MR) is 92.7 cm³/mol. The lowest BCUT2D eigenvalue weighted by Crippen LogP contribution is -2.21. The Morgan fingerprint density at radius 3 is 2.56 bits per heavy atom. The van der Waals surface area contributed by atoms with Crippen molar-refractivity contribution in [1.29, 1.82) is 0 Å². The number of pyridine rings is 1. The van der Waals surface area contributed by atoms with Crippen molar-refractivity contribution in [2.75, 3.05) is 5.73 Å². The highest BCUT2D eigenvalue weighted by Gasteiger charge is 2.20. The van der Waals surface area contributed by atoms with E-state index in [1.165, 1.54) is 12.3 Å². The third-order valence-corrected chi connectivity index (χ3v) is 3.68. The van der Waals surface area contributed by atoms with Gasteiger partial charge in [-0.3, -0.25) is 9.59 Å². The Kier molecular flexibility index (Phi) is 4.10. The molecule has 0 unspecified atom stereocenters. The Labute approximate surface area is 143 Å². The average Bonchev–Trinajstić information content (AvgIpc) is 3.09. The van der Waals surface area contributed by atoms with Crippen LogP contribution in [0, 0.1) is 0 Å². The average molecular weight is 339 g/mol. The molecule has 8 heteroatoms. The number of nitrogens with zero attached hydrogens (tertiary/aromatic N) is 3. The van der Waals surface area contributed by atoms with Crippen LogP contribution in [0.25, 0.3) is 22.7 Å². The van der Waals surface area contributed by atoms with E-state index in [1.807, 2.05) is 13.8 Å². The van der Waals surface area contributed by atoms with Crippen LogP contribution in [-0.2, 0) is 0 Å². The molecule has 0 aliphatic heterocycles. The van der Waals surface area contributed by atoms with Crippen LogP contribution in [0.1, 0.15) is 30.4 Å². The number of rotatable bonds is 4. The molecular weight excluding hydrogens is 322 g/mol. The zero-order valence-electron chi connectivity index (χ0n) is 13.8. The highest BCUT2D eigenvalue weighted by Crippen LogP contribution is 2.30. The molecule has 25 heavy (non-hydrogen) atoms. The summed E-state index contributed by atoms with van der Waals surface area (Å²) in [5.74, 6) is -0.429. The zero-order chi connectivity index (χ0) is 18.1. The number of hydrogen-bond donors (Lipinski definition) is 2. The highest BCUT2D eigenvalue weighted by molar-refractivity contribution is 5.96. The Morgan fingerprint density at radius 1 is 1.20 bits per heavy atom. The first-order valence-electron chi connectivity index (χ1n) is 7.62. The Bertz CT molecular complexity index is 990. The van der Waals surface area contributed by atoms with Gasteiger partial charge in [-0.05, 0) is 32.0 Å². The third kappa shape index (κ3) is 3.01. The summed E-state index contributed by atoms with van der Waals surface area (Å²) in [4.78, 5) is 32.1. The second-order valence-electron chi connectivity index (χ2n) is 5.75. The van der Waals surface area contributed by atoms with Gasteiger partial charge in [-0.25, -0.2) is 9.97 Å². The Morgan fingerprint density at radius 2 is 1.96 bits per heavy atom. The number of anilines is 1. The molecule has 3 aromatic heterocycles. The van der Waals surface area contributed by atoms with Crippen molar-refractivity contribution in [1.82, 2.24) is 14.5 Å². The van der Waals surface area contributed by atoms with Crippen LogP contribution in [0.5, 0.6) is 0 Å². The standard InChI is InChI=1S/C17H17N5O3/c1-9(2)22-8-10(5-6-12(22)23)13-14(11-4-3-7-25-11)21-16(18)15(20-13)17(19)24/h3-9H,1-2H3,(H2,18,21)(H2,19,24). The van der Waals surface area contributed by atoms with Gasteiger partial charge in [0.05, 0.1) is 6.26 Å². The highest BCUT2D eigenvalue weighted by atomic mass is 16.3. The molecule has 3 rings (SSSR count). The monoisotopic (exact) mass is 339 g/mol. The van der Waals surface area contributed by atoms with Gasteiger partial charge in [0, 0.05) is 23.9 Å². The molecule has 128 valence electrons. The SMILES string of the molecule is CC(C)n1cc(-c2nc(C(N)=O)c(N)nc2-c2ccco2)ccc1=O. The first-order chi connectivity index (χ1) is 11.9. The molecule has 4 N–H and O–H groups in total. The summed E-state index contributed by atoms with van der Waals surface area (Å²) in [6.45, 7) is 3.78. The van der Waals surface area contributed by atoms with Crippen molar-refractivity contribution in [2.24, 2.45) is 5.73 Å². The quantitative estimate of drug-likeness (QED) is 0.745. The van der Waals surface area contributed by atoms with Crippen LogP contribution in [-0.4, -0.2) is 20.4 Å². The molecule has 0 aromatic carbocycles. The van der Waals surface area contributed by atoms with E-state index in [9.17, 15) is 9.59 Å². The van der Waals surface area contributed by atoms with Gasteiger partial charge in [0.1, 0.15) is 11.4 Å². The second kappa shape index (κ2) is 6.23. The van der Waals surface area contributed by atoms with Crippen molar-refractivity contribution in [3.63, 3.8) is 0 Å². The molecule has 3 heterocycles. The summed E-state index contributed by atoms with van der Waals surface area (Å²) in [5.41, 5.74) is 12.2. The smallest absolute Gasteiger partial charge is 0.271 e. The maximum absolute atomic E-state index is 12.0. The number of nitrogen functional groups attached to an aromatic ring is 1. The van der Waals surface area contributed by atoms with Crippen LogP contribution >= 0.6 is 0 Å². The molecule has 0 bridgehead atoms. The summed E-state index contributed by atoms with van der Waals surface area (Å²) in [7, 11) is 0. The van der Waals surface area contributed by atoms with E-state index in [2.05, 4.69) is 9.97 Å². The number of furan rings is 1. The lowest BCUT2D eigenvalue weighted by atomic mass is 10.1. The summed E-state index contributed by atoms with van der Waals surface area (Å²) in [6.07, 6.45) is 3.15. The van der Waals surface area contributed by atoms with Gasteiger partial charge >= 0.3 is 0 Å². The molecule has 1 amide bonds. The number of nitrogens with two attached hydrogens (primary N) is 2. The maximum Gasteiger partial charge on any atom is 0.271 e. The van der Waals surface area contributed by atoms with Gasteiger partial charge in [0.15, 0.2) is 17.3 Å². The van der Waals surface area contributed by atoms with E-state index in [0.29, 0.717) is 22.7 Å². The Balaban J connectivity index is 2.30. The van der Waals surface area contributed by atoms with Gasteiger partial charge < -0.3 is 20.5 Å². The van der Waals surface area contributed by atoms with Crippen LogP contribution in [0.4, 0.5) is 5.82 Å². The van der Waals surface area contributed by atoms with Crippen molar-refractivity contribution in [3.05, 3.63) is 52.8 Å². The topological polar surface area (TPSA) is 130 Å². The minimum absolute atomic E-state index is 0.0446. The first kappa shape index (κ1) is 16.4. The fourth-order valence-corrected chi connectivity index (χ4v) is 2.46. The van der Waals surface area contributed by atoms with Crippen LogP contribution in [0.2, 0.25) is 0 Å². The molecular formula is C17H17N5O3. The summed E-state index contributed by atoms with van der Waals surface area (Å²) < 4.78 is 6.95. The van der Waals surface area contributed by atoms with Crippen molar-refractivity contribution < 1.29 is 9.21 Å². The molecule has 0 saturated carbocycles. The number of hydrogen-bond acceptors (Lipinski definition) is 6. The van der Waals surface area contributed by atoms with Crippen LogP contribution in [0.3, 0.4) is 0 Å². The molecule has 8 nitrogen and oxygen atoms in total. The molecule has 0 spiro atoms. The van der Waals surface area contributed by atoms with E-state index in [-0.39, 0.29) is 23.1 Å². The maximum atomic E-state index is 12.0. The van der Waals surface area contributed by atoms with Gasteiger partial charge in [-0.15, -0.1) is 0 Å². The van der Waals surface area contributed by atoms with E-state index in [4.69, 9.17) is 15.9 Å². The predicted octanol–water partition coefficient (Wildman–Crippen LogP) is 1.83. The number of primary amides is 1. The molecule has 3 aromatic rings. The van der Waals surface area contributed by atoms with Crippen molar-refractivity contribution in [2.45, 2.75) is 19.9 Å². The molecule has 0 atom stereocenters. The number of aromatic nitrogens is 3. The van der Waals surface area contributed by atoms with Crippen LogP contribution < -0.4 is 17.0 Å². The zero-order valence-corrected chi connectivity index (χ0v) is 13.8. The lowest BCUT2D eigenvalue weighted by molar-refractivity contribution is 0.0996. The molecule has 0 fully saturated rings.